The molecule has 0 aliphatic carbocycles. The fraction of sp³-hybridized carbons (Fsp3) is 0.333. The molecular weight excluding hydrogens is 409 g/mol. The number of rotatable bonds is 8. The number of pyridine rings is 1. The van der Waals surface area contributed by atoms with Crippen molar-refractivity contribution in [2.45, 2.75) is 12.6 Å². The molecule has 0 atom stereocenters. The Morgan fingerprint density at radius 1 is 1.19 bits per heavy atom. The molecule has 0 spiro atoms. The lowest BCUT2D eigenvalue weighted by atomic mass is 10.2. The molecule has 0 fully saturated rings. The first-order chi connectivity index (χ1) is 12.6. The Kier molecular flexibility index (Phi) is 11.7. The number of halogens is 3. The maximum Gasteiger partial charge on any atom is 0.490 e. The molecule has 0 aliphatic heterocycles. The fourth-order valence-corrected chi connectivity index (χ4v) is 3.08. The van der Waals surface area contributed by atoms with Crippen molar-refractivity contribution in [1.29, 1.82) is 0 Å². The van der Waals surface area contributed by atoms with Crippen LogP contribution in [0.15, 0.2) is 18.5 Å². The molecule has 1 rings (SSSR count). The van der Waals surface area contributed by atoms with Gasteiger partial charge in [-0.3, -0.25) is 14.6 Å². The summed E-state index contributed by atoms with van der Waals surface area (Å²) in [6.07, 6.45) is 3.29. The number of nitrogens with one attached hydrogen (secondary N) is 1. The highest BCUT2D eigenvalue weighted by Gasteiger charge is 2.38. The van der Waals surface area contributed by atoms with Gasteiger partial charge < -0.3 is 15.5 Å². The SMILES string of the molecule is C#Cc1cncc(C(=O)NCCSSCCC(=O)O)c1.O=C(O)C(F)(F)F. The van der Waals surface area contributed by atoms with Crippen LogP contribution in [0, 0.1) is 12.3 Å². The molecule has 3 N–H and O–H groups in total. The standard InChI is InChI=1S/C13H14N2O3S2.C2HF3O2/c1-2-10-7-11(9-14-8-10)13(18)15-4-6-20-19-5-3-12(16)17;3-2(4,5)1(6)7/h1,7-9H,3-6H2,(H,15,18)(H,16,17);(H,6,7). The lowest BCUT2D eigenvalue weighted by molar-refractivity contribution is -0.192. The number of hydrogen-bond acceptors (Lipinski definition) is 6. The maximum absolute atomic E-state index is 11.8. The van der Waals surface area contributed by atoms with E-state index in [0.717, 1.165) is 0 Å². The summed E-state index contributed by atoms with van der Waals surface area (Å²) in [5, 5.41) is 18.3. The molecule has 0 aromatic carbocycles. The number of aromatic nitrogens is 1. The largest absolute Gasteiger partial charge is 0.490 e. The van der Waals surface area contributed by atoms with Crippen molar-refractivity contribution in [3.63, 3.8) is 0 Å². The van der Waals surface area contributed by atoms with Crippen LogP contribution in [-0.2, 0) is 9.59 Å². The minimum absolute atomic E-state index is 0.147. The monoisotopic (exact) mass is 424 g/mol. The van der Waals surface area contributed by atoms with Gasteiger partial charge in [-0.25, -0.2) is 4.79 Å². The Bertz CT molecular complexity index is 693. The van der Waals surface area contributed by atoms with Crippen LogP contribution < -0.4 is 5.32 Å². The molecule has 0 radical (unpaired) electrons. The van der Waals surface area contributed by atoms with Crippen molar-refractivity contribution >= 4 is 39.4 Å². The van der Waals surface area contributed by atoms with Crippen LogP contribution in [-0.4, -0.2) is 57.3 Å². The zero-order valence-corrected chi connectivity index (χ0v) is 15.3. The number of amides is 1. The third-order valence-corrected chi connectivity index (χ3v) is 4.77. The summed E-state index contributed by atoms with van der Waals surface area (Å²) in [6.45, 7) is 0.504. The summed E-state index contributed by atoms with van der Waals surface area (Å²) in [7, 11) is 3.01. The van der Waals surface area contributed by atoms with Crippen molar-refractivity contribution in [2.75, 3.05) is 18.1 Å². The maximum atomic E-state index is 11.8. The smallest absolute Gasteiger partial charge is 0.481 e. The molecule has 148 valence electrons. The Morgan fingerprint density at radius 3 is 2.30 bits per heavy atom. The van der Waals surface area contributed by atoms with E-state index in [1.807, 2.05) is 0 Å². The summed E-state index contributed by atoms with van der Waals surface area (Å²) in [4.78, 5) is 34.9. The number of carbonyl (C=O) groups excluding carboxylic acids is 1. The van der Waals surface area contributed by atoms with Crippen LogP contribution in [0.2, 0.25) is 0 Å². The van der Waals surface area contributed by atoms with E-state index in [1.54, 1.807) is 6.07 Å². The topological polar surface area (TPSA) is 117 Å². The van der Waals surface area contributed by atoms with Gasteiger partial charge in [-0.15, -0.1) is 6.42 Å². The molecule has 0 saturated carbocycles. The highest BCUT2D eigenvalue weighted by molar-refractivity contribution is 8.76. The van der Waals surface area contributed by atoms with Gasteiger partial charge in [0.15, 0.2) is 0 Å². The molecule has 1 aromatic rings. The predicted molar refractivity (Wildman–Crippen MR) is 95.4 cm³/mol. The van der Waals surface area contributed by atoms with Crippen LogP contribution in [0.5, 0.6) is 0 Å². The lowest BCUT2D eigenvalue weighted by Crippen LogP contribution is -2.25. The van der Waals surface area contributed by atoms with Gasteiger partial charge in [-0.1, -0.05) is 27.5 Å². The van der Waals surface area contributed by atoms with Crippen LogP contribution in [0.4, 0.5) is 13.2 Å². The summed E-state index contributed by atoms with van der Waals surface area (Å²) < 4.78 is 31.7. The molecule has 0 unspecified atom stereocenters. The minimum atomic E-state index is -5.08. The molecule has 27 heavy (non-hydrogen) atoms. The first-order valence-corrected chi connectivity index (χ1v) is 9.53. The van der Waals surface area contributed by atoms with Gasteiger partial charge in [0.25, 0.3) is 5.91 Å². The average Bonchev–Trinajstić information content (AvgIpc) is 2.60. The van der Waals surface area contributed by atoms with E-state index in [4.69, 9.17) is 21.4 Å². The number of hydrogen-bond donors (Lipinski definition) is 3. The van der Waals surface area contributed by atoms with Gasteiger partial charge >= 0.3 is 18.1 Å². The molecule has 0 saturated heterocycles. The van der Waals surface area contributed by atoms with Gasteiger partial charge in [0, 0.05) is 36.0 Å². The molecule has 12 heteroatoms. The number of terminal acetylenes is 1. The van der Waals surface area contributed by atoms with Gasteiger partial charge in [-0.2, -0.15) is 13.2 Å². The van der Waals surface area contributed by atoms with E-state index in [9.17, 15) is 22.8 Å². The normalized spacial score (nSPS) is 10.1. The molecule has 7 nitrogen and oxygen atoms in total. The molecule has 1 heterocycles. The zero-order chi connectivity index (χ0) is 20.9. The third kappa shape index (κ3) is 12.6. The van der Waals surface area contributed by atoms with Crippen molar-refractivity contribution in [3.05, 3.63) is 29.6 Å². The molecule has 0 bridgehead atoms. The van der Waals surface area contributed by atoms with Crippen molar-refractivity contribution in [2.24, 2.45) is 0 Å². The van der Waals surface area contributed by atoms with E-state index in [-0.39, 0.29) is 12.3 Å². The predicted octanol–water partition coefficient (Wildman–Crippen LogP) is 2.28. The zero-order valence-electron chi connectivity index (χ0n) is 13.7. The van der Waals surface area contributed by atoms with Gasteiger partial charge in [0.1, 0.15) is 0 Å². The fourth-order valence-electron chi connectivity index (χ4n) is 1.20. The first-order valence-electron chi connectivity index (χ1n) is 7.04. The number of carboxylic acids is 2. The highest BCUT2D eigenvalue weighted by atomic mass is 33.1. The number of aliphatic carboxylic acids is 2. The quantitative estimate of drug-likeness (QED) is 0.331. The second-order valence-electron chi connectivity index (χ2n) is 4.45. The van der Waals surface area contributed by atoms with Crippen LogP contribution in [0.25, 0.3) is 0 Å². The molecule has 0 aliphatic rings. The van der Waals surface area contributed by atoms with E-state index < -0.39 is 18.1 Å². The Balaban J connectivity index is 0.000000821. The van der Waals surface area contributed by atoms with Gasteiger partial charge in [0.05, 0.1) is 12.0 Å². The number of alkyl halides is 3. The Morgan fingerprint density at radius 2 is 1.78 bits per heavy atom. The van der Waals surface area contributed by atoms with Crippen LogP contribution in [0.1, 0.15) is 22.3 Å². The first kappa shape index (κ1) is 24.6. The second-order valence-corrected chi connectivity index (χ2v) is 7.16. The molecule has 1 aromatic heterocycles. The molecule has 1 amide bonds. The number of carbonyl (C=O) groups is 3. The Labute approximate surface area is 160 Å². The minimum Gasteiger partial charge on any atom is -0.481 e. The van der Waals surface area contributed by atoms with E-state index in [1.165, 1.54) is 34.0 Å². The molecular formula is C15H15F3N2O5S2. The summed E-state index contributed by atoms with van der Waals surface area (Å²) >= 11 is 0. The van der Waals surface area contributed by atoms with Crippen molar-refractivity contribution < 1.29 is 37.8 Å². The van der Waals surface area contributed by atoms with Crippen LogP contribution >= 0.6 is 21.6 Å². The number of carboxylic acid groups (broad SMARTS) is 2. The van der Waals surface area contributed by atoms with Crippen LogP contribution in [0.3, 0.4) is 0 Å². The number of nitrogens with zero attached hydrogens (tertiary/aromatic N) is 1. The lowest BCUT2D eigenvalue weighted by Gasteiger charge is -2.04. The second kappa shape index (κ2) is 12.9. The summed E-state index contributed by atoms with van der Waals surface area (Å²) in [5.41, 5.74) is 1.00. The summed E-state index contributed by atoms with van der Waals surface area (Å²) in [5.74, 6) is -0.0845. The van der Waals surface area contributed by atoms with Crippen molar-refractivity contribution in [1.82, 2.24) is 10.3 Å². The van der Waals surface area contributed by atoms with Crippen molar-refractivity contribution in [3.8, 4) is 12.3 Å². The third-order valence-electron chi connectivity index (χ3n) is 2.36. The highest BCUT2D eigenvalue weighted by Crippen LogP contribution is 2.20. The Hall–Kier alpha value is -2.39. The van der Waals surface area contributed by atoms with E-state index in [2.05, 4.69) is 16.2 Å². The van der Waals surface area contributed by atoms with Gasteiger partial charge in [0.2, 0.25) is 0 Å². The van der Waals surface area contributed by atoms with E-state index in [0.29, 0.717) is 29.2 Å². The summed E-state index contributed by atoms with van der Waals surface area (Å²) in [6, 6.07) is 1.61. The van der Waals surface area contributed by atoms with Gasteiger partial charge in [-0.05, 0) is 6.07 Å². The van der Waals surface area contributed by atoms with E-state index >= 15 is 0 Å². The average molecular weight is 424 g/mol.